The van der Waals surface area contributed by atoms with Gasteiger partial charge in [0.05, 0.1) is 29.9 Å². The minimum Gasteiger partial charge on any atom is -0.378 e. The van der Waals surface area contributed by atoms with Crippen molar-refractivity contribution in [1.82, 2.24) is 19.7 Å². The van der Waals surface area contributed by atoms with Gasteiger partial charge in [-0.1, -0.05) is 6.07 Å². The van der Waals surface area contributed by atoms with Crippen LogP contribution in [0.5, 0.6) is 0 Å². The second-order valence-corrected chi connectivity index (χ2v) is 7.27. The number of nitrogens with zero attached hydrogens (tertiary/aromatic N) is 4. The van der Waals surface area contributed by atoms with Crippen LogP contribution in [0.1, 0.15) is 0 Å². The molecule has 0 unspecified atom stereocenters. The minimum atomic E-state index is -0.179. The van der Waals surface area contributed by atoms with Crippen molar-refractivity contribution in [2.24, 2.45) is 7.05 Å². The number of aryl methyl sites for hydroxylation is 1. The van der Waals surface area contributed by atoms with Crippen molar-refractivity contribution < 1.29 is 4.74 Å². The molecular weight excluding hydrogens is 380 g/mol. The van der Waals surface area contributed by atoms with Crippen LogP contribution >= 0.6 is 0 Å². The van der Waals surface area contributed by atoms with Crippen LogP contribution in [0.3, 0.4) is 0 Å². The summed E-state index contributed by atoms with van der Waals surface area (Å²) in [6.45, 7) is 3.28. The van der Waals surface area contributed by atoms with E-state index in [-0.39, 0.29) is 5.56 Å². The minimum absolute atomic E-state index is 0.179. The smallest absolute Gasteiger partial charge is 0.293 e. The first-order valence-electron chi connectivity index (χ1n) is 9.89. The lowest BCUT2D eigenvalue weighted by molar-refractivity contribution is 0.122. The Kier molecular flexibility index (Phi) is 4.68. The molecule has 0 spiro atoms. The Bertz CT molecular complexity index is 1230. The SMILES string of the molecule is Cn1c(=O)c(Nc2ccc(N3CCOCC3)cc2)nc2ccc(-c3ccn[nH]3)cc21. The van der Waals surface area contributed by atoms with Crippen LogP contribution in [-0.2, 0) is 11.8 Å². The molecule has 2 aromatic carbocycles. The van der Waals surface area contributed by atoms with Gasteiger partial charge < -0.3 is 19.5 Å². The molecule has 0 radical (unpaired) electrons. The van der Waals surface area contributed by atoms with Crippen molar-refractivity contribution in [2.75, 3.05) is 36.5 Å². The number of rotatable bonds is 4. The second-order valence-electron chi connectivity index (χ2n) is 7.27. The molecule has 1 fully saturated rings. The van der Waals surface area contributed by atoms with Crippen LogP contribution in [0, 0.1) is 0 Å². The predicted octanol–water partition coefficient (Wildman–Crippen LogP) is 2.90. The molecule has 1 saturated heterocycles. The highest BCUT2D eigenvalue weighted by atomic mass is 16.5. The molecule has 3 heterocycles. The van der Waals surface area contributed by atoms with E-state index in [0.717, 1.165) is 60.0 Å². The highest BCUT2D eigenvalue weighted by molar-refractivity contribution is 5.82. The Hall–Kier alpha value is -3.65. The maximum Gasteiger partial charge on any atom is 0.293 e. The van der Waals surface area contributed by atoms with Gasteiger partial charge in [0.25, 0.3) is 5.56 Å². The van der Waals surface area contributed by atoms with Gasteiger partial charge in [-0.05, 0) is 42.5 Å². The standard InChI is InChI=1S/C22H22N6O2/c1-27-20-14-15(18-8-9-23-26-18)2-7-19(20)25-21(22(27)29)24-16-3-5-17(6-4-16)28-10-12-30-13-11-28/h2-9,14H,10-13H2,1H3,(H,23,26)(H,24,25). The largest absolute Gasteiger partial charge is 0.378 e. The number of aromatic amines is 1. The Morgan fingerprint density at radius 1 is 1.07 bits per heavy atom. The summed E-state index contributed by atoms with van der Waals surface area (Å²) in [5.41, 5.74) is 5.15. The van der Waals surface area contributed by atoms with Crippen molar-refractivity contribution >= 4 is 28.2 Å². The molecular formula is C22H22N6O2. The van der Waals surface area contributed by atoms with Crippen LogP contribution in [0.15, 0.2) is 59.5 Å². The second kappa shape index (κ2) is 7.64. The Labute approximate surface area is 173 Å². The first-order chi connectivity index (χ1) is 14.7. The van der Waals surface area contributed by atoms with E-state index in [4.69, 9.17) is 4.74 Å². The summed E-state index contributed by atoms with van der Waals surface area (Å²) in [4.78, 5) is 19.8. The van der Waals surface area contributed by atoms with Crippen LogP contribution in [0.2, 0.25) is 0 Å². The highest BCUT2D eigenvalue weighted by Gasteiger charge is 2.13. The normalized spacial score (nSPS) is 14.2. The number of ether oxygens (including phenoxy) is 1. The quantitative estimate of drug-likeness (QED) is 0.546. The number of benzene rings is 2. The molecule has 1 aliphatic rings. The van der Waals surface area contributed by atoms with Crippen molar-refractivity contribution in [3.8, 4) is 11.3 Å². The van der Waals surface area contributed by atoms with Crippen molar-refractivity contribution in [3.05, 3.63) is 65.1 Å². The molecule has 8 nitrogen and oxygen atoms in total. The molecule has 152 valence electrons. The molecule has 0 atom stereocenters. The number of morpholine rings is 1. The van der Waals surface area contributed by atoms with Gasteiger partial charge in [0.1, 0.15) is 0 Å². The fourth-order valence-corrected chi connectivity index (χ4v) is 3.70. The van der Waals surface area contributed by atoms with E-state index < -0.39 is 0 Å². The maximum absolute atomic E-state index is 12.9. The number of fused-ring (bicyclic) bond motifs is 1. The first-order valence-corrected chi connectivity index (χ1v) is 9.89. The maximum atomic E-state index is 12.9. The molecule has 2 aromatic heterocycles. The third kappa shape index (κ3) is 3.42. The zero-order valence-electron chi connectivity index (χ0n) is 16.6. The zero-order chi connectivity index (χ0) is 20.5. The number of hydrogen-bond donors (Lipinski definition) is 2. The van der Waals surface area contributed by atoms with Crippen molar-refractivity contribution in [3.63, 3.8) is 0 Å². The summed E-state index contributed by atoms with van der Waals surface area (Å²) in [6, 6.07) is 15.8. The molecule has 30 heavy (non-hydrogen) atoms. The summed E-state index contributed by atoms with van der Waals surface area (Å²) in [5.74, 6) is 0.304. The molecule has 4 aromatic rings. The Morgan fingerprint density at radius 2 is 1.87 bits per heavy atom. The molecule has 0 bridgehead atoms. The van der Waals surface area contributed by atoms with Crippen molar-refractivity contribution in [2.45, 2.75) is 0 Å². The Balaban J connectivity index is 1.43. The molecule has 0 saturated carbocycles. The van der Waals surface area contributed by atoms with Gasteiger partial charge in [0.2, 0.25) is 0 Å². The summed E-state index contributed by atoms with van der Waals surface area (Å²) in [6.07, 6.45) is 1.70. The number of hydrogen-bond acceptors (Lipinski definition) is 6. The van der Waals surface area contributed by atoms with Gasteiger partial charge in [0.15, 0.2) is 5.82 Å². The average molecular weight is 402 g/mol. The van der Waals surface area contributed by atoms with Gasteiger partial charge >= 0.3 is 0 Å². The van der Waals surface area contributed by atoms with Gasteiger partial charge in [-0.3, -0.25) is 9.89 Å². The van der Waals surface area contributed by atoms with E-state index in [2.05, 4.69) is 37.5 Å². The molecule has 8 heteroatoms. The van der Waals surface area contributed by atoms with Crippen LogP contribution in [-0.4, -0.2) is 46.1 Å². The van der Waals surface area contributed by atoms with Crippen LogP contribution in [0.4, 0.5) is 17.2 Å². The van der Waals surface area contributed by atoms with Gasteiger partial charge in [-0.25, -0.2) is 4.98 Å². The topological polar surface area (TPSA) is 88.1 Å². The van der Waals surface area contributed by atoms with E-state index in [1.165, 1.54) is 0 Å². The van der Waals surface area contributed by atoms with E-state index in [9.17, 15) is 4.79 Å². The Morgan fingerprint density at radius 3 is 2.60 bits per heavy atom. The number of anilines is 3. The molecule has 0 amide bonds. The van der Waals surface area contributed by atoms with Gasteiger partial charge in [-0.15, -0.1) is 0 Å². The third-order valence-corrected chi connectivity index (χ3v) is 5.39. The monoisotopic (exact) mass is 402 g/mol. The molecule has 2 N–H and O–H groups in total. The fraction of sp³-hybridized carbons (Fsp3) is 0.227. The first kappa shape index (κ1) is 18.4. The molecule has 0 aliphatic carbocycles. The summed E-state index contributed by atoms with van der Waals surface area (Å²) in [7, 11) is 1.76. The highest BCUT2D eigenvalue weighted by Crippen LogP contribution is 2.23. The summed E-state index contributed by atoms with van der Waals surface area (Å²) in [5, 5.41) is 10.1. The van der Waals surface area contributed by atoms with Crippen molar-refractivity contribution in [1.29, 1.82) is 0 Å². The number of nitrogens with one attached hydrogen (secondary N) is 2. The summed E-state index contributed by atoms with van der Waals surface area (Å²) >= 11 is 0. The number of H-pyrrole nitrogens is 1. The van der Waals surface area contributed by atoms with Gasteiger partial charge in [-0.2, -0.15) is 5.10 Å². The lowest BCUT2D eigenvalue weighted by Crippen LogP contribution is -2.36. The van der Waals surface area contributed by atoms with E-state index in [1.54, 1.807) is 17.8 Å². The van der Waals surface area contributed by atoms with Crippen LogP contribution < -0.4 is 15.8 Å². The predicted molar refractivity (Wildman–Crippen MR) is 117 cm³/mol. The molecule has 1 aliphatic heterocycles. The number of aromatic nitrogens is 4. The zero-order valence-corrected chi connectivity index (χ0v) is 16.6. The summed E-state index contributed by atoms with van der Waals surface area (Å²) < 4.78 is 7.03. The van der Waals surface area contributed by atoms with E-state index in [1.807, 2.05) is 36.4 Å². The van der Waals surface area contributed by atoms with E-state index in [0.29, 0.717) is 5.82 Å². The van der Waals surface area contributed by atoms with E-state index >= 15 is 0 Å². The van der Waals surface area contributed by atoms with Gasteiger partial charge in [0, 0.05) is 43.3 Å². The average Bonchev–Trinajstić information content (AvgIpc) is 3.33. The molecule has 5 rings (SSSR count). The fourth-order valence-electron chi connectivity index (χ4n) is 3.70. The lowest BCUT2D eigenvalue weighted by Gasteiger charge is -2.28. The lowest BCUT2D eigenvalue weighted by atomic mass is 10.1. The van der Waals surface area contributed by atoms with Crippen LogP contribution in [0.25, 0.3) is 22.3 Å². The third-order valence-electron chi connectivity index (χ3n) is 5.39.